The highest BCUT2D eigenvalue weighted by atomic mass is 19.1. The summed E-state index contributed by atoms with van der Waals surface area (Å²) in [6.07, 6.45) is 0.878. The van der Waals surface area contributed by atoms with E-state index in [-0.39, 0.29) is 12.4 Å². The third-order valence-corrected chi connectivity index (χ3v) is 2.26. The third-order valence-electron chi connectivity index (χ3n) is 2.26. The van der Waals surface area contributed by atoms with Gasteiger partial charge in [0.25, 0.3) is 0 Å². The first kappa shape index (κ1) is 11.8. The first-order valence-corrected chi connectivity index (χ1v) is 4.77. The minimum absolute atomic E-state index is 0.00524. The topological polar surface area (TPSA) is 49.7 Å². The normalized spacial score (nSPS) is 10.4. The number of aliphatic hydroxyl groups excluding tert-OH is 1. The van der Waals surface area contributed by atoms with Gasteiger partial charge in [0.15, 0.2) is 17.3 Å². The zero-order chi connectivity index (χ0) is 11.4. The van der Waals surface area contributed by atoms with Gasteiger partial charge in [0.2, 0.25) is 0 Å². The highest BCUT2D eigenvalue weighted by molar-refractivity contribution is 5.49. The van der Waals surface area contributed by atoms with E-state index in [1.54, 1.807) is 13.0 Å². The first-order chi connectivity index (χ1) is 7.11. The molecule has 0 saturated heterocycles. The van der Waals surface area contributed by atoms with Gasteiger partial charge >= 0.3 is 0 Å². The monoisotopic (exact) mass is 214 g/mol. The second kappa shape index (κ2) is 4.98. The van der Waals surface area contributed by atoms with Crippen molar-refractivity contribution >= 4 is 0 Å². The summed E-state index contributed by atoms with van der Waals surface area (Å²) in [5.41, 5.74) is 1.09. The van der Waals surface area contributed by atoms with Gasteiger partial charge in [-0.3, -0.25) is 0 Å². The maximum atomic E-state index is 13.5. The maximum absolute atomic E-state index is 13.5. The molecule has 0 fully saturated rings. The van der Waals surface area contributed by atoms with E-state index in [1.165, 1.54) is 7.11 Å². The molecular weight excluding hydrogens is 199 g/mol. The molecular formula is C11H15FO3. The minimum atomic E-state index is -0.661. The predicted molar refractivity (Wildman–Crippen MR) is 54.8 cm³/mol. The number of aromatic hydroxyl groups is 1. The molecule has 0 bridgehead atoms. The lowest BCUT2D eigenvalue weighted by molar-refractivity contribution is 0.287. The summed E-state index contributed by atoms with van der Waals surface area (Å²) in [7, 11) is 1.38. The van der Waals surface area contributed by atoms with Crippen molar-refractivity contribution in [2.45, 2.75) is 19.8 Å². The Kier molecular flexibility index (Phi) is 3.91. The molecule has 0 aromatic heterocycles. The van der Waals surface area contributed by atoms with Crippen molar-refractivity contribution in [2.24, 2.45) is 0 Å². The molecule has 0 saturated carbocycles. The fourth-order valence-corrected chi connectivity index (χ4v) is 1.54. The van der Waals surface area contributed by atoms with Gasteiger partial charge in [-0.1, -0.05) is 0 Å². The third kappa shape index (κ3) is 2.39. The smallest absolute Gasteiger partial charge is 0.194 e. The van der Waals surface area contributed by atoms with Crippen LogP contribution in [0, 0.1) is 12.7 Å². The van der Waals surface area contributed by atoms with Gasteiger partial charge in [0, 0.05) is 6.61 Å². The Hall–Kier alpha value is -1.29. The quantitative estimate of drug-likeness (QED) is 0.803. The maximum Gasteiger partial charge on any atom is 0.194 e. The molecule has 1 rings (SSSR count). The van der Waals surface area contributed by atoms with Crippen molar-refractivity contribution in [3.8, 4) is 11.5 Å². The number of phenols is 1. The molecule has 0 aliphatic heterocycles. The molecule has 0 spiro atoms. The molecule has 0 aliphatic carbocycles. The fourth-order valence-electron chi connectivity index (χ4n) is 1.54. The Balaban J connectivity index is 3.10. The summed E-state index contributed by atoms with van der Waals surface area (Å²) in [5.74, 6) is -0.948. The number of benzene rings is 1. The molecule has 1 aromatic rings. The number of methoxy groups -OCH3 is 1. The van der Waals surface area contributed by atoms with Crippen molar-refractivity contribution in [2.75, 3.05) is 13.7 Å². The molecule has 15 heavy (non-hydrogen) atoms. The van der Waals surface area contributed by atoms with Crippen molar-refractivity contribution in [3.05, 3.63) is 23.0 Å². The predicted octanol–water partition coefficient (Wildman–Crippen LogP) is 1.77. The lowest BCUT2D eigenvalue weighted by atomic mass is 10.0. The number of aliphatic hydroxyl groups is 1. The fraction of sp³-hybridized carbons (Fsp3) is 0.455. The Morgan fingerprint density at radius 3 is 2.67 bits per heavy atom. The number of phenolic OH excluding ortho intramolecular Hbond substituents is 1. The molecule has 0 amide bonds. The molecule has 0 aliphatic rings. The van der Waals surface area contributed by atoms with Gasteiger partial charge < -0.3 is 14.9 Å². The van der Waals surface area contributed by atoms with Crippen LogP contribution in [0.5, 0.6) is 11.5 Å². The Morgan fingerprint density at radius 1 is 1.47 bits per heavy atom. The van der Waals surface area contributed by atoms with Gasteiger partial charge in [0.05, 0.1) is 7.11 Å². The standard InChI is InChI=1S/C11H15FO3/c1-7-6-8(4-3-5-13)9(12)10(14)11(7)15-2/h6,13-14H,3-5H2,1-2H3. The van der Waals surface area contributed by atoms with Crippen LogP contribution in [0.1, 0.15) is 17.5 Å². The molecule has 2 N–H and O–H groups in total. The molecule has 0 unspecified atom stereocenters. The highest BCUT2D eigenvalue weighted by Gasteiger charge is 2.15. The SMILES string of the molecule is COc1c(C)cc(CCCO)c(F)c1O. The lowest BCUT2D eigenvalue weighted by Gasteiger charge is -2.11. The molecule has 4 heteroatoms. The van der Waals surface area contributed by atoms with Crippen LogP contribution in [0.2, 0.25) is 0 Å². The van der Waals surface area contributed by atoms with Crippen molar-refractivity contribution in [3.63, 3.8) is 0 Å². The second-order valence-electron chi connectivity index (χ2n) is 3.38. The van der Waals surface area contributed by atoms with E-state index in [4.69, 9.17) is 9.84 Å². The summed E-state index contributed by atoms with van der Waals surface area (Å²) < 4.78 is 18.4. The zero-order valence-electron chi connectivity index (χ0n) is 8.88. The van der Waals surface area contributed by atoms with Crippen LogP contribution in [0.15, 0.2) is 6.07 Å². The Bertz CT molecular complexity index is 350. The van der Waals surface area contributed by atoms with E-state index >= 15 is 0 Å². The molecule has 0 radical (unpaired) electrons. The summed E-state index contributed by atoms with van der Waals surface area (Å²) in [4.78, 5) is 0. The largest absolute Gasteiger partial charge is 0.502 e. The van der Waals surface area contributed by atoms with Gasteiger partial charge in [-0.05, 0) is 37.0 Å². The van der Waals surface area contributed by atoms with E-state index in [0.29, 0.717) is 24.0 Å². The van der Waals surface area contributed by atoms with Gasteiger partial charge in [-0.25, -0.2) is 4.39 Å². The van der Waals surface area contributed by atoms with E-state index in [0.717, 1.165) is 0 Å². The molecule has 3 nitrogen and oxygen atoms in total. The average molecular weight is 214 g/mol. The number of hydrogen-bond donors (Lipinski definition) is 2. The highest BCUT2D eigenvalue weighted by Crippen LogP contribution is 2.34. The van der Waals surface area contributed by atoms with Crippen LogP contribution in [-0.2, 0) is 6.42 Å². The molecule has 0 atom stereocenters. The Morgan fingerprint density at radius 2 is 2.13 bits per heavy atom. The van der Waals surface area contributed by atoms with Crippen LogP contribution in [0.3, 0.4) is 0 Å². The second-order valence-corrected chi connectivity index (χ2v) is 3.38. The summed E-state index contributed by atoms with van der Waals surface area (Å²) >= 11 is 0. The molecule has 1 aromatic carbocycles. The van der Waals surface area contributed by atoms with Crippen LogP contribution >= 0.6 is 0 Å². The van der Waals surface area contributed by atoms with Crippen molar-refractivity contribution < 1.29 is 19.3 Å². The van der Waals surface area contributed by atoms with Crippen LogP contribution in [-0.4, -0.2) is 23.9 Å². The number of halogens is 1. The van der Waals surface area contributed by atoms with Crippen LogP contribution < -0.4 is 4.74 Å². The van der Waals surface area contributed by atoms with Crippen molar-refractivity contribution in [1.29, 1.82) is 0 Å². The number of rotatable bonds is 4. The van der Waals surface area contributed by atoms with E-state index in [9.17, 15) is 9.50 Å². The average Bonchev–Trinajstić information content (AvgIpc) is 2.22. The van der Waals surface area contributed by atoms with Crippen LogP contribution in [0.4, 0.5) is 4.39 Å². The van der Waals surface area contributed by atoms with Gasteiger partial charge in [0.1, 0.15) is 0 Å². The molecule has 0 heterocycles. The van der Waals surface area contributed by atoms with E-state index in [2.05, 4.69) is 0 Å². The number of ether oxygens (including phenoxy) is 1. The minimum Gasteiger partial charge on any atom is -0.502 e. The summed E-state index contributed by atoms with van der Waals surface area (Å²) in [6.45, 7) is 1.74. The summed E-state index contributed by atoms with van der Waals surface area (Å²) in [6, 6.07) is 1.63. The summed E-state index contributed by atoms with van der Waals surface area (Å²) in [5, 5.41) is 18.1. The van der Waals surface area contributed by atoms with Crippen LogP contribution in [0.25, 0.3) is 0 Å². The van der Waals surface area contributed by atoms with E-state index in [1.807, 2.05) is 0 Å². The first-order valence-electron chi connectivity index (χ1n) is 4.77. The number of hydrogen-bond acceptors (Lipinski definition) is 3. The Labute approximate surface area is 88.1 Å². The van der Waals surface area contributed by atoms with E-state index < -0.39 is 11.6 Å². The number of aryl methyl sites for hydroxylation is 2. The zero-order valence-corrected chi connectivity index (χ0v) is 8.88. The van der Waals surface area contributed by atoms with Gasteiger partial charge in [-0.2, -0.15) is 0 Å². The lowest BCUT2D eigenvalue weighted by Crippen LogP contribution is -1.98. The molecule has 84 valence electrons. The van der Waals surface area contributed by atoms with Gasteiger partial charge in [-0.15, -0.1) is 0 Å². The van der Waals surface area contributed by atoms with Crippen molar-refractivity contribution in [1.82, 2.24) is 0 Å².